The number of likely N-dealkylation sites (N-methyl/N-ethyl adjacent to an activating group) is 1. The summed E-state index contributed by atoms with van der Waals surface area (Å²) in [5.74, 6) is 0.855. The third kappa shape index (κ3) is 3.56. The summed E-state index contributed by atoms with van der Waals surface area (Å²) in [4.78, 5) is 16.3. The maximum absolute atomic E-state index is 12.5. The number of nitrogens with zero attached hydrogens (tertiary/aromatic N) is 2. The highest BCUT2D eigenvalue weighted by molar-refractivity contribution is 5.82. The van der Waals surface area contributed by atoms with Gasteiger partial charge in [0, 0.05) is 19.3 Å². The van der Waals surface area contributed by atoms with E-state index in [4.69, 9.17) is 10.5 Å². The number of hydrogen-bond acceptors (Lipinski definition) is 4. The average Bonchev–Trinajstić information content (AvgIpc) is 2.56. The molecule has 0 radical (unpaired) electrons. The quantitative estimate of drug-likeness (QED) is 0.879. The monoisotopic (exact) mass is 311 g/mol. The second-order valence-corrected chi connectivity index (χ2v) is 5.73. The Kier molecular flexibility index (Phi) is 4.37. The summed E-state index contributed by atoms with van der Waals surface area (Å²) in [6.45, 7) is 2.19. The first kappa shape index (κ1) is 15.2. The largest absolute Gasteiger partial charge is 0.490 e. The molecule has 2 N–H and O–H groups in total. The Morgan fingerprint density at radius 2 is 2.04 bits per heavy atom. The molecule has 2 aromatic rings. The number of benzene rings is 2. The fourth-order valence-electron chi connectivity index (χ4n) is 2.68. The van der Waals surface area contributed by atoms with Crippen LogP contribution in [-0.4, -0.2) is 37.6 Å². The number of amides is 1. The minimum atomic E-state index is 0.0733. The highest BCUT2D eigenvalue weighted by atomic mass is 16.5. The maximum Gasteiger partial charge on any atom is 0.242 e. The molecule has 0 fully saturated rings. The molecule has 120 valence electrons. The summed E-state index contributed by atoms with van der Waals surface area (Å²) in [6.07, 6.45) is 0. The van der Waals surface area contributed by atoms with E-state index in [9.17, 15) is 4.79 Å². The zero-order valence-corrected chi connectivity index (χ0v) is 13.2. The Morgan fingerprint density at radius 1 is 1.26 bits per heavy atom. The van der Waals surface area contributed by atoms with Gasteiger partial charge in [0.05, 0.1) is 18.8 Å². The fourth-order valence-corrected chi connectivity index (χ4v) is 2.68. The van der Waals surface area contributed by atoms with Crippen molar-refractivity contribution in [3.8, 4) is 5.75 Å². The second kappa shape index (κ2) is 6.60. The molecule has 0 aromatic heterocycles. The Bertz CT molecular complexity index is 688. The molecule has 0 unspecified atom stereocenters. The van der Waals surface area contributed by atoms with Gasteiger partial charge in [-0.3, -0.25) is 4.79 Å². The summed E-state index contributed by atoms with van der Waals surface area (Å²) in [6, 6.07) is 15.5. The average molecular weight is 311 g/mol. The van der Waals surface area contributed by atoms with Crippen LogP contribution in [0.1, 0.15) is 5.56 Å². The topological polar surface area (TPSA) is 58.8 Å². The molecule has 1 aliphatic heterocycles. The van der Waals surface area contributed by atoms with Crippen LogP contribution in [0.15, 0.2) is 48.5 Å². The summed E-state index contributed by atoms with van der Waals surface area (Å²) < 4.78 is 5.62. The Morgan fingerprint density at radius 3 is 2.83 bits per heavy atom. The highest BCUT2D eigenvalue weighted by Gasteiger charge is 2.22. The summed E-state index contributed by atoms with van der Waals surface area (Å²) >= 11 is 0. The van der Waals surface area contributed by atoms with Crippen molar-refractivity contribution in [1.82, 2.24) is 4.90 Å². The van der Waals surface area contributed by atoms with Crippen molar-refractivity contribution < 1.29 is 9.53 Å². The van der Waals surface area contributed by atoms with Gasteiger partial charge in [-0.15, -0.1) is 0 Å². The number of ether oxygens (including phenoxy) is 1. The van der Waals surface area contributed by atoms with Crippen molar-refractivity contribution in [3.05, 3.63) is 54.1 Å². The molecular formula is C18H21N3O2. The molecule has 2 aromatic carbocycles. The van der Waals surface area contributed by atoms with E-state index in [2.05, 4.69) is 0 Å². The van der Waals surface area contributed by atoms with Crippen molar-refractivity contribution in [2.75, 3.05) is 37.4 Å². The molecule has 3 rings (SSSR count). The van der Waals surface area contributed by atoms with Gasteiger partial charge in [0.25, 0.3) is 0 Å². The van der Waals surface area contributed by atoms with E-state index < -0.39 is 0 Å². The normalized spacial score (nSPS) is 13.2. The molecule has 0 spiro atoms. The van der Waals surface area contributed by atoms with E-state index >= 15 is 0 Å². The molecule has 0 saturated heterocycles. The molecule has 0 aliphatic carbocycles. The minimum Gasteiger partial charge on any atom is -0.490 e. The third-order valence-electron chi connectivity index (χ3n) is 3.96. The van der Waals surface area contributed by atoms with Crippen LogP contribution < -0.4 is 15.4 Å². The molecule has 0 bridgehead atoms. The zero-order valence-electron chi connectivity index (χ0n) is 13.2. The van der Waals surface area contributed by atoms with Gasteiger partial charge in [0.1, 0.15) is 12.4 Å². The van der Waals surface area contributed by atoms with E-state index in [-0.39, 0.29) is 5.91 Å². The Labute approximate surface area is 136 Å². The first-order valence-corrected chi connectivity index (χ1v) is 7.68. The SMILES string of the molecule is CN(Cc1ccccc1)C(=O)CN1CCOc2ccc(N)cc21. The van der Waals surface area contributed by atoms with Crippen LogP contribution in [0.25, 0.3) is 0 Å². The number of rotatable bonds is 4. The second-order valence-electron chi connectivity index (χ2n) is 5.73. The van der Waals surface area contributed by atoms with Gasteiger partial charge in [-0.25, -0.2) is 0 Å². The first-order chi connectivity index (χ1) is 11.1. The summed E-state index contributed by atoms with van der Waals surface area (Å²) in [5.41, 5.74) is 8.54. The lowest BCUT2D eigenvalue weighted by molar-refractivity contribution is -0.129. The fraction of sp³-hybridized carbons (Fsp3) is 0.278. The van der Waals surface area contributed by atoms with E-state index in [0.717, 1.165) is 17.0 Å². The predicted molar refractivity (Wildman–Crippen MR) is 91.5 cm³/mol. The van der Waals surface area contributed by atoms with Gasteiger partial charge < -0.3 is 20.3 Å². The van der Waals surface area contributed by atoms with Gasteiger partial charge in [-0.1, -0.05) is 30.3 Å². The van der Waals surface area contributed by atoms with Gasteiger partial charge in [0.15, 0.2) is 0 Å². The van der Waals surface area contributed by atoms with Crippen LogP contribution in [-0.2, 0) is 11.3 Å². The van der Waals surface area contributed by atoms with Crippen LogP contribution in [0.4, 0.5) is 11.4 Å². The molecule has 0 atom stereocenters. The molecule has 5 heteroatoms. The van der Waals surface area contributed by atoms with Crippen molar-refractivity contribution >= 4 is 17.3 Å². The van der Waals surface area contributed by atoms with Gasteiger partial charge in [0.2, 0.25) is 5.91 Å². The Balaban J connectivity index is 1.68. The van der Waals surface area contributed by atoms with Crippen LogP contribution in [0.3, 0.4) is 0 Å². The zero-order chi connectivity index (χ0) is 16.2. The maximum atomic E-state index is 12.5. The van der Waals surface area contributed by atoms with Crippen LogP contribution in [0.5, 0.6) is 5.75 Å². The van der Waals surface area contributed by atoms with E-state index in [1.807, 2.05) is 60.5 Å². The number of nitrogen functional groups attached to an aromatic ring is 1. The van der Waals surface area contributed by atoms with E-state index in [1.54, 1.807) is 4.90 Å². The van der Waals surface area contributed by atoms with Crippen molar-refractivity contribution in [2.24, 2.45) is 0 Å². The van der Waals surface area contributed by atoms with Crippen LogP contribution >= 0.6 is 0 Å². The lowest BCUT2D eigenvalue weighted by atomic mass is 10.2. The number of fused-ring (bicyclic) bond motifs is 1. The molecule has 1 aliphatic rings. The number of carbonyl (C=O) groups excluding carboxylic acids is 1. The molecule has 1 amide bonds. The predicted octanol–water partition coefficient (Wildman–Crippen LogP) is 2.13. The number of nitrogens with two attached hydrogens (primary N) is 1. The van der Waals surface area contributed by atoms with E-state index in [1.165, 1.54) is 0 Å². The lowest BCUT2D eigenvalue weighted by Gasteiger charge is -2.32. The Hall–Kier alpha value is -2.69. The van der Waals surface area contributed by atoms with Crippen molar-refractivity contribution in [1.29, 1.82) is 0 Å². The summed E-state index contributed by atoms with van der Waals surface area (Å²) in [7, 11) is 1.83. The first-order valence-electron chi connectivity index (χ1n) is 7.68. The standard InChI is InChI=1S/C18H21N3O2/c1-20(12-14-5-3-2-4-6-14)18(22)13-21-9-10-23-17-8-7-15(19)11-16(17)21/h2-8,11H,9-10,12-13,19H2,1H3. The number of carbonyl (C=O) groups is 1. The third-order valence-corrected chi connectivity index (χ3v) is 3.96. The molecule has 5 nitrogen and oxygen atoms in total. The molecule has 1 heterocycles. The van der Waals surface area contributed by atoms with E-state index in [0.29, 0.717) is 31.9 Å². The lowest BCUT2D eigenvalue weighted by Crippen LogP contribution is -2.41. The van der Waals surface area contributed by atoms with Gasteiger partial charge in [-0.2, -0.15) is 0 Å². The van der Waals surface area contributed by atoms with Crippen LogP contribution in [0.2, 0.25) is 0 Å². The van der Waals surface area contributed by atoms with Crippen molar-refractivity contribution in [3.63, 3.8) is 0 Å². The minimum absolute atomic E-state index is 0.0733. The van der Waals surface area contributed by atoms with Gasteiger partial charge >= 0.3 is 0 Å². The molecule has 0 saturated carbocycles. The number of hydrogen-bond donors (Lipinski definition) is 1. The smallest absolute Gasteiger partial charge is 0.242 e. The molecule has 23 heavy (non-hydrogen) atoms. The number of anilines is 2. The summed E-state index contributed by atoms with van der Waals surface area (Å²) in [5, 5.41) is 0. The van der Waals surface area contributed by atoms with Crippen LogP contribution in [0, 0.1) is 0 Å². The molecular weight excluding hydrogens is 290 g/mol. The van der Waals surface area contributed by atoms with Crippen molar-refractivity contribution in [2.45, 2.75) is 6.54 Å². The van der Waals surface area contributed by atoms with Gasteiger partial charge in [-0.05, 0) is 23.8 Å². The highest BCUT2D eigenvalue weighted by Crippen LogP contribution is 2.33.